The van der Waals surface area contributed by atoms with Crippen LogP contribution in [0.15, 0.2) is 29.2 Å². The third-order valence-corrected chi connectivity index (χ3v) is 5.48. The van der Waals surface area contributed by atoms with Crippen LogP contribution in [0.2, 0.25) is 0 Å². The van der Waals surface area contributed by atoms with Crippen molar-refractivity contribution in [3.63, 3.8) is 0 Å². The second kappa shape index (κ2) is 9.47. The molecular formula is C16H23FN2O5S. The summed E-state index contributed by atoms with van der Waals surface area (Å²) in [5, 5.41) is 11.4. The van der Waals surface area contributed by atoms with Crippen molar-refractivity contribution in [1.82, 2.24) is 9.62 Å². The van der Waals surface area contributed by atoms with Crippen molar-refractivity contribution in [2.24, 2.45) is 0 Å². The molecule has 0 aliphatic carbocycles. The van der Waals surface area contributed by atoms with Gasteiger partial charge in [0.15, 0.2) is 0 Å². The van der Waals surface area contributed by atoms with Crippen molar-refractivity contribution in [2.45, 2.75) is 43.5 Å². The molecule has 1 rings (SSSR count). The zero-order valence-corrected chi connectivity index (χ0v) is 15.1. The highest BCUT2D eigenvalue weighted by Gasteiger charge is 2.22. The molecule has 0 aliphatic rings. The zero-order chi connectivity index (χ0) is 19.0. The van der Waals surface area contributed by atoms with Gasteiger partial charge in [-0.3, -0.25) is 4.79 Å². The molecule has 0 saturated carbocycles. The van der Waals surface area contributed by atoms with Gasteiger partial charge in [-0.1, -0.05) is 13.3 Å². The molecule has 7 nitrogen and oxygen atoms in total. The van der Waals surface area contributed by atoms with Gasteiger partial charge in [-0.15, -0.1) is 0 Å². The maximum absolute atomic E-state index is 12.9. The Hall–Kier alpha value is -2.00. The second-order valence-corrected chi connectivity index (χ2v) is 7.68. The number of nitrogens with zero attached hydrogens (tertiary/aromatic N) is 1. The van der Waals surface area contributed by atoms with Crippen molar-refractivity contribution >= 4 is 21.9 Å². The summed E-state index contributed by atoms with van der Waals surface area (Å²) in [6.07, 6.45) is 1.20. The van der Waals surface area contributed by atoms with E-state index in [1.165, 1.54) is 19.2 Å². The van der Waals surface area contributed by atoms with Gasteiger partial charge < -0.3 is 10.4 Å². The van der Waals surface area contributed by atoms with Crippen LogP contribution >= 0.6 is 0 Å². The number of rotatable bonds is 10. The molecule has 0 aromatic heterocycles. The Morgan fingerprint density at radius 3 is 2.40 bits per heavy atom. The average Bonchev–Trinajstić information content (AvgIpc) is 2.54. The molecule has 0 fully saturated rings. The third-order valence-electron chi connectivity index (χ3n) is 3.61. The first-order valence-electron chi connectivity index (χ1n) is 7.92. The van der Waals surface area contributed by atoms with Crippen LogP contribution in [0.5, 0.6) is 0 Å². The fourth-order valence-electron chi connectivity index (χ4n) is 2.18. The van der Waals surface area contributed by atoms with Gasteiger partial charge >= 0.3 is 5.97 Å². The standard InChI is InChI=1S/C16H23FN2O5S/c1-3-5-14(16(21)22)18-15(20)6-4-11-19(2)25(23,24)13-9-7-12(17)8-10-13/h7-10,14H,3-6,11H2,1-2H3,(H,18,20)(H,21,22). The number of hydrogen-bond donors (Lipinski definition) is 2. The molecule has 0 spiro atoms. The Bertz CT molecular complexity index is 691. The predicted octanol–water partition coefficient (Wildman–Crippen LogP) is 1.60. The minimum absolute atomic E-state index is 0.0107. The lowest BCUT2D eigenvalue weighted by Crippen LogP contribution is -2.40. The molecule has 140 valence electrons. The molecule has 9 heteroatoms. The Morgan fingerprint density at radius 1 is 1.28 bits per heavy atom. The van der Waals surface area contributed by atoms with Gasteiger partial charge in [0.2, 0.25) is 15.9 Å². The van der Waals surface area contributed by atoms with E-state index in [4.69, 9.17) is 5.11 Å². The Labute approximate surface area is 146 Å². The van der Waals surface area contributed by atoms with Crippen molar-refractivity contribution in [3.05, 3.63) is 30.1 Å². The third kappa shape index (κ3) is 6.43. The monoisotopic (exact) mass is 374 g/mol. The number of aliphatic carboxylic acids is 1. The molecule has 0 bridgehead atoms. The number of carboxylic acids is 1. The molecular weight excluding hydrogens is 351 g/mol. The van der Waals surface area contributed by atoms with Gasteiger partial charge in [0.25, 0.3) is 0 Å². The normalized spacial score (nSPS) is 12.8. The molecule has 0 heterocycles. The highest BCUT2D eigenvalue weighted by Crippen LogP contribution is 2.15. The van der Waals surface area contributed by atoms with E-state index in [0.717, 1.165) is 16.4 Å². The SMILES string of the molecule is CCCC(NC(=O)CCCN(C)S(=O)(=O)c1ccc(F)cc1)C(=O)O. The molecule has 1 unspecified atom stereocenters. The van der Waals surface area contributed by atoms with Gasteiger partial charge in [-0.25, -0.2) is 21.9 Å². The van der Waals surface area contributed by atoms with Gasteiger partial charge in [0, 0.05) is 20.0 Å². The summed E-state index contributed by atoms with van der Waals surface area (Å²) in [6, 6.07) is 3.55. The molecule has 0 aliphatic heterocycles. The molecule has 1 aromatic carbocycles. The summed E-state index contributed by atoms with van der Waals surface area (Å²) >= 11 is 0. The number of carbonyl (C=O) groups excluding carboxylic acids is 1. The second-order valence-electron chi connectivity index (χ2n) is 5.63. The van der Waals surface area contributed by atoms with Crippen molar-refractivity contribution in [1.29, 1.82) is 0 Å². The van der Waals surface area contributed by atoms with Crippen LogP contribution in [0.4, 0.5) is 4.39 Å². The quantitative estimate of drug-likeness (QED) is 0.647. The fraction of sp³-hybridized carbons (Fsp3) is 0.500. The van der Waals surface area contributed by atoms with E-state index in [1.807, 2.05) is 6.92 Å². The van der Waals surface area contributed by atoms with Gasteiger partial charge in [-0.2, -0.15) is 0 Å². The lowest BCUT2D eigenvalue weighted by Gasteiger charge is -2.17. The Kier molecular flexibility index (Phi) is 7.98. The summed E-state index contributed by atoms with van der Waals surface area (Å²) in [5.41, 5.74) is 0. The molecule has 1 amide bonds. The van der Waals surface area contributed by atoms with E-state index >= 15 is 0 Å². The van der Waals surface area contributed by atoms with Crippen LogP contribution in [0.1, 0.15) is 32.6 Å². The number of amides is 1. The van der Waals surface area contributed by atoms with E-state index in [2.05, 4.69) is 5.32 Å². The first-order valence-corrected chi connectivity index (χ1v) is 9.36. The summed E-state index contributed by atoms with van der Waals surface area (Å²) in [5.74, 6) is -2.06. The summed E-state index contributed by atoms with van der Waals surface area (Å²) in [4.78, 5) is 22.7. The lowest BCUT2D eigenvalue weighted by molar-refractivity contribution is -0.142. The smallest absolute Gasteiger partial charge is 0.326 e. The Morgan fingerprint density at radius 2 is 1.88 bits per heavy atom. The van der Waals surface area contributed by atoms with Crippen LogP contribution in [0, 0.1) is 5.82 Å². The van der Waals surface area contributed by atoms with Crippen LogP contribution in [-0.4, -0.2) is 49.3 Å². The van der Waals surface area contributed by atoms with Crippen LogP contribution in [0.3, 0.4) is 0 Å². The minimum Gasteiger partial charge on any atom is -0.480 e. The maximum atomic E-state index is 12.9. The number of halogens is 1. The van der Waals surface area contributed by atoms with Crippen molar-refractivity contribution < 1.29 is 27.5 Å². The highest BCUT2D eigenvalue weighted by atomic mass is 32.2. The molecule has 2 N–H and O–H groups in total. The first kappa shape index (κ1) is 21.0. The van der Waals surface area contributed by atoms with Crippen LogP contribution in [-0.2, 0) is 19.6 Å². The number of benzene rings is 1. The first-order chi connectivity index (χ1) is 11.7. The largest absolute Gasteiger partial charge is 0.480 e. The molecule has 0 radical (unpaired) electrons. The average molecular weight is 374 g/mol. The van der Waals surface area contributed by atoms with Crippen LogP contribution in [0.25, 0.3) is 0 Å². The van der Waals surface area contributed by atoms with E-state index < -0.39 is 33.8 Å². The maximum Gasteiger partial charge on any atom is 0.326 e. The number of hydrogen-bond acceptors (Lipinski definition) is 4. The van der Waals surface area contributed by atoms with E-state index in [0.29, 0.717) is 12.8 Å². The summed E-state index contributed by atoms with van der Waals surface area (Å²) in [6.45, 7) is 1.90. The molecule has 1 atom stereocenters. The molecule has 0 saturated heterocycles. The minimum atomic E-state index is -3.76. The van der Waals surface area contributed by atoms with Gasteiger partial charge in [-0.05, 0) is 37.1 Å². The topological polar surface area (TPSA) is 104 Å². The predicted molar refractivity (Wildman–Crippen MR) is 89.9 cm³/mol. The van der Waals surface area contributed by atoms with E-state index in [-0.39, 0.29) is 24.3 Å². The van der Waals surface area contributed by atoms with Gasteiger partial charge in [0.1, 0.15) is 11.9 Å². The summed E-state index contributed by atoms with van der Waals surface area (Å²) < 4.78 is 38.6. The molecule has 1 aromatic rings. The fourth-order valence-corrected chi connectivity index (χ4v) is 3.39. The number of sulfonamides is 1. The van der Waals surface area contributed by atoms with Gasteiger partial charge in [0.05, 0.1) is 4.90 Å². The number of carbonyl (C=O) groups is 2. The van der Waals surface area contributed by atoms with E-state index in [1.54, 1.807) is 0 Å². The van der Waals surface area contributed by atoms with E-state index in [9.17, 15) is 22.4 Å². The summed E-state index contributed by atoms with van der Waals surface area (Å²) in [7, 11) is -2.39. The van der Waals surface area contributed by atoms with Crippen molar-refractivity contribution in [3.8, 4) is 0 Å². The number of carboxylic acid groups (broad SMARTS) is 1. The van der Waals surface area contributed by atoms with Crippen LogP contribution < -0.4 is 5.32 Å². The Balaban J connectivity index is 2.53. The number of nitrogens with one attached hydrogen (secondary N) is 1. The molecule has 25 heavy (non-hydrogen) atoms. The lowest BCUT2D eigenvalue weighted by atomic mass is 10.1. The highest BCUT2D eigenvalue weighted by molar-refractivity contribution is 7.89. The van der Waals surface area contributed by atoms with Crippen molar-refractivity contribution in [2.75, 3.05) is 13.6 Å². The zero-order valence-electron chi connectivity index (χ0n) is 14.2.